The highest BCUT2D eigenvalue weighted by Gasteiger charge is 2.22. The molecule has 1 aromatic heterocycles. The zero-order chi connectivity index (χ0) is 21.6. The van der Waals surface area contributed by atoms with Gasteiger partial charge in [-0.2, -0.15) is 0 Å². The molecule has 0 radical (unpaired) electrons. The van der Waals surface area contributed by atoms with Crippen LogP contribution in [0.5, 0.6) is 5.75 Å². The summed E-state index contributed by atoms with van der Waals surface area (Å²) < 4.78 is 5.32. The molecule has 1 atom stereocenters. The lowest BCUT2D eigenvalue weighted by atomic mass is 9.87. The molecule has 0 aliphatic heterocycles. The number of methoxy groups -OCH3 is 1. The minimum absolute atomic E-state index is 0.0330. The monoisotopic (exact) mass is 412 g/mol. The maximum atomic E-state index is 12.9. The Morgan fingerprint density at radius 1 is 1.00 bits per heavy atom. The van der Waals surface area contributed by atoms with Gasteiger partial charge >= 0.3 is 0 Å². The summed E-state index contributed by atoms with van der Waals surface area (Å²) in [6, 6.07) is 24.4. The van der Waals surface area contributed by atoms with Crippen LogP contribution >= 0.6 is 0 Å². The largest absolute Gasteiger partial charge is 0.497 e. The van der Waals surface area contributed by atoms with Gasteiger partial charge in [-0.1, -0.05) is 67.6 Å². The Morgan fingerprint density at radius 2 is 1.77 bits per heavy atom. The molecule has 1 heterocycles. The van der Waals surface area contributed by atoms with Crippen molar-refractivity contribution in [1.82, 2.24) is 10.3 Å². The van der Waals surface area contributed by atoms with E-state index in [1.165, 1.54) is 10.9 Å². The number of H-pyrrole nitrogens is 1. The highest BCUT2D eigenvalue weighted by atomic mass is 16.5. The normalized spacial score (nSPS) is 11.9. The zero-order valence-corrected chi connectivity index (χ0v) is 18.0. The van der Waals surface area contributed by atoms with E-state index >= 15 is 0 Å². The first-order valence-corrected chi connectivity index (χ1v) is 10.7. The number of hydrogen-bond donors (Lipinski definition) is 2. The molecule has 4 nitrogen and oxygen atoms in total. The Kier molecular flexibility index (Phi) is 6.37. The fourth-order valence-corrected chi connectivity index (χ4v) is 4.12. The lowest BCUT2D eigenvalue weighted by Crippen LogP contribution is -2.25. The molecular formula is C27H28N2O2. The van der Waals surface area contributed by atoms with Crippen LogP contribution in [0.25, 0.3) is 10.9 Å². The number of amides is 1. The van der Waals surface area contributed by atoms with E-state index in [-0.39, 0.29) is 11.8 Å². The highest BCUT2D eigenvalue weighted by molar-refractivity contribution is 5.88. The molecule has 4 rings (SSSR count). The number of fused-ring (bicyclic) bond motifs is 1. The van der Waals surface area contributed by atoms with Crippen LogP contribution < -0.4 is 10.1 Å². The molecule has 0 unspecified atom stereocenters. The molecule has 0 saturated carbocycles. The summed E-state index contributed by atoms with van der Waals surface area (Å²) in [6.07, 6.45) is 3.40. The summed E-state index contributed by atoms with van der Waals surface area (Å²) >= 11 is 0. The van der Waals surface area contributed by atoms with Crippen molar-refractivity contribution in [2.24, 2.45) is 0 Å². The lowest BCUT2D eigenvalue weighted by Gasteiger charge is -2.18. The minimum Gasteiger partial charge on any atom is -0.497 e. The van der Waals surface area contributed by atoms with Gasteiger partial charge in [-0.25, -0.2) is 0 Å². The summed E-state index contributed by atoms with van der Waals surface area (Å²) in [6.45, 7) is 2.69. The number of ether oxygens (including phenoxy) is 1. The van der Waals surface area contributed by atoms with Crippen LogP contribution in [-0.2, 0) is 17.8 Å². The molecule has 0 fully saturated rings. The van der Waals surface area contributed by atoms with Gasteiger partial charge in [0.05, 0.1) is 7.11 Å². The van der Waals surface area contributed by atoms with E-state index in [4.69, 9.17) is 4.74 Å². The van der Waals surface area contributed by atoms with Crippen molar-refractivity contribution < 1.29 is 9.53 Å². The van der Waals surface area contributed by atoms with Gasteiger partial charge in [-0.3, -0.25) is 4.79 Å². The molecule has 3 aromatic carbocycles. The van der Waals surface area contributed by atoms with Crippen LogP contribution in [0.2, 0.25) is 0 Å². The zero-order valence-electron chi connectivity index (χ0n) is 18.0. The van der Waals surface area contributed by atoms with Crippen LogP contribution in [0.3, 0.4) is 0 Å². The molecule has 158 valence electrons. The van der Waals surface area contributed by atoms with Crippen molar-refractivity contribution in [3.05, 3.63) is 101 Å². The topological polar surface area (TPSA) is 54.1 Å². The summed E-state index contributed by atoms with van der Waals surface area (Å²) in [5.74, 6) is 0.788. The third kappa shape index (κ3) is 4.64. The Labute approximate surface area is 183 Å². The SMILES string of the molecule is CCc1cccc2c([C@H](CC(=O)NCc3ccccc3)c3ccc(OC)cc3)c[nH]c12. The summed E-state index contributed by atoms with van der Waals surface area (Å²) in [5.41, 5.74) is 5.77. The molecule has 1 amide bonds. The van der Waals surface area contributed by atoms with Crippen molar-refractivity contribution >= 4 is 16.8 Å². The molecule has 4 heteroatoms. The van der Waals surface area contributed by atoms with Gasteiger partial charge in [0.25, 0.3) is 0 Å². The number of aromatic amines is 1. The molecule has 2 N–H and O–H groups in total. The van der Waals surface area contributed by atoms with Gasteiger partial charge in [0, 0.05) is 36.0 Å². The number of para-hydroxylation sites is 1. The molecule has 0 aliphatic rings. The third-order valence-corrected chi connectivity index (χ3v) is 5.83. The number of aryl methyl sites for hydroxylation is 1. The van der Waals surface area contributed by atoms with E-state index in [1.54, 1.807) is 7.11 Å². The predicted molar refractivity (Wildman–Crippen MR) is 125 cm³/mol. The van der Waals surface area contributed by atoms with Crippen molar-refractivity contribution in [1.29, 1.82) is 0 Å². The molecule has 0 bridgehead atoms. The summed E-state index contributed by atoms with van der Waals surface area (Å²) in [5, 5.41) is 4.26. The molecule has 4 aromatic rings. The number of aromatic nitrogens is 1. The van der Waals surface area contributed by atoms with Gasteiger partial charge in [0.2, 0.25) is 5.91 Å². The van der Waals surface area contributed by atoms with Crippen LogP contribution in [0.15, 0.2) is 79.0 Å². The smallest absolute Gasteiger partial charge is 0.221 e. The maximum absolute atomic E-state index is 12.9. The average Bonchev–Trinajstić information content (AvgIpc) is 3.26. The van der Waals surface area contributed by atoms with Gasteiger partial charge in [0.15, 0.2) is 0 Å². The Hall–Kier alpha value is -3.53. The molecular weight excluding hydrogens is 384 g/mol. The number of nitrogens with one attached hydrogen (secondary N) is 2. The van der Waals surface area contributed by atoms with Gasteiger partial charge in [-0.05, 0) is 40.8 Å². The summed E-state index contributed by atoms with van der Waals surface area (Å²) in [4.78, 5) is 16.4. The Balaban J connectivity index is 1.64. The Bertz CT molecular complexity index is 1150. The quantitative estimate of drug-likeness (QED) is 0.397. The third-order valence-electron chi connectivity index (χ3n) is 5.83. The van der Waals surface area contributed by atoms with Crippen LogP contribution in [0.1, 0.15) is 41.5 Å². The van der Waals surface area contributed by atoms with Crippen molar-refractivity contribution in [2.75, 3.05) is 7.11 Å². The van der Waals surface area contributed by atoms with E-state index in [2.05, 4.69) is 53.8 Å². The number of carbonyl (C=O) groups excluding carboxylic acids is 1. The maximum Gasteiger partial charge on any atom is 0.221 e. The van der Waals surface area contributed by atoms with E-state index in [9.17, 15) is 4.79 Å². The fourth-order valence-electron chi connectivity index (χ4n) is 4.12. The van der Waals surface area contributed by atoms with Crippen LogP contribution in [0, 0.1) is 0 Å². The van der Waals surface area contributed by atoms with Crippen molar-refractivity contribution in [3.63, 3.8) is 0 Å². The van der Waals surface area contributed by atoms with Gasteiger partial charge < -0.3 is 15.0 Å². The number of benzene rings is 3. The first kappa shape index (κ1) is 20.7. The van der Waals surface area contributed by atoms with E-state index in [0.717, 1.165) is 34.4 Å². The van der Waals surface area contributed by atoms with Gasteiger partial charge in [0.1, 0.15) is 5.75 Å². The second-order valence-electron chi connectivity index (χ2n) is 7.73. The molecule has 31 heavy (non-hydrogen) atoms. The van der Waals surface area contributed by atoms with E-state index in [1.807, 2.05) is 42.5 Å². The first-order valence-electron chi connectivity index (χ1n) is 10.7. The number of carbonyl (C=O) groups is 1. The van der Waals surface area contributed by atoms with E-state index in [0.29, 0.717) is 13.0 Å². The second kappa shape index (κ2) is 9.52. The highest BCUT2D eigenvalue weighted by Crippen LogP contribution is 2.35. The Morgan fingerprint density at radius 3 is 2.48 bits per heavy atom. The van der Waals surface area contributed by atoms with Gasteiger partial charge in [-0.15, -0.1) is 0 Å². The summed E-state index contributed by atoms with van der Waals surface area (Å²) in [7, 11) is 1.66. The average molecular weight is 413 g/mol. The molecule has 0 spiro atoms. The van der Waals surface area contributed by atoms with Crippen LogP contribution in [-0.4, -0.2) is 18.0 Å². The molecule has 0 saturated heterocycles. The standard InChI is InChI=1S/C27H28N2O2/c1-3-20-10-7-11-23-25(18-29-27(20)23)24(21-12-14-22(31-2)15-13-21)16-26(30)28-17-19-8-5-4-6-9-19/h4-15,18,24,29H,3,16-17H2,1-2H3,(H,28,30)/t24-/m1/s1. The fraction of sp³-hybridized carbons (Fsp3) is 0.222. The first-order chi connectivity index (χ1) is 15.2. The van der Waals surface area contributed by atoms with Crippen molar-refractivity contribution in [2.45, 2.75) is 32.2 Å². The predicted octanol–water partition coefficient (Wildman–Crippen LogP) is 5.58. The minimum atomic E-state index is -0.0532. The van der Waals surface area contributed by atoms with E-state index < -0.39 is 0 Å². The van der Waals surface area contributed by atoms with Crippen molar-refractivity contribution in [3.8, 4) is 5.75 Å². The number of rotatable bonds is 8. The number of hydrogen-bond acceptors (Lipinski definition) is 2. The second-order valence-corrected chi connectivity index (χ2v) is 7.73. The van der Waals surface area contributed by atoms with Crippen LogP contribution in [0.4, 0.5) is 0 Å². The molecule has 0 aliphatic carbocycles. The lowest BCUT2D eigenvalue weighted by molar-refractivity contribution is -0.121.